The lowest BCUT2D eigenvalue weighted by Crippen LogP contribution is -2.34. The zero-order chi connectivity index (χ0) is 24.6. The molecule has 0 spiro atoms. The molecule has 0 aliphatic carbocycles. The van der Waals surface area contributed by atoms with E-state index in [2.05, 4.69) is 10.6 Å². The quantitative estimate of drug-likeness (QED) is 0.464. The van der Waals surface area contributed by atoms with Gasteiger partial charge in [0.2, 0.25) is 5.91 Å². The molecule has 0 atom stereocenters. The molecule has 8 heteroatoms. The van der Waals surface area contributed by atoms with E-state index in [1.807, 2.05) is 29.2 Å². The van der Waals surface area contributed by atoms with Gasteiger partial charge in [-0.3, -0.25) is 14.4 Å². The van der Waals surface area contributed by atoms with E-state index in [0.717, 1.165) is 24.1 Å². The first-order chi connectivity index (χ1) is 17.0. The van der Waals surface area contributed by atoms with Crippen molar-refractivity contribution >= 4 is 23.8 Å². The lowest BCUT2D eigenvalue weighted by molar-refractivity contribution is -0.128. The van der Waals surface area contributed by atoms with E-state index in [0.29, 0.717) is 30.0 Å². The largest absolute Gasteiger partial charge is 0.497 e. The van der Waals surface area contributed by atoms with Crippen LogP contribution in [0, 0.1) is 0 Å². The standard InChI is InChI=1S/C27H27N3O5/c1-34-22-12-10-21(11-13-22)26(32)29-24(16-23-4-3-15-35-23)27(33)28-17-19-6-8-20(9-7-19)18-30-14-2-5-25(30)31/h3-4,6-13,15-16H,2,5,14,17-18H2,1H3,(H,28,33)(H,29,32)/b24-16-. The van der Waals surface area contributed by atoms with Gasteiger partial charge in [-0.2, -0.15) is 0 Å². The van der Waals surface area contributed by atoms with Crippen molar-refractivity contribution in [3.63, 3.8) is 0 Å². The molecule has 2 aromatic carbocycles. The van der Waals surface area contributed by atoms with Crippen molar-refractivity contribution in [2.75, 3.05) is 13.7 Å². The normalized spacial score (nSPS) is 13.6. The third-order valence-corrected chi connectivity index (χ3v) is 5.70. The van der Waals surface area contributed by atoms with Crippen LogP contribution in [0.25, 0.3) is 6.08 Å². The molecular formula is C27H27N3O5. The topological polar surface area (TPSA) is 101 Å². The van der Waals surface area contributed by atoms with Crippen LogP contribution in [0.2, 0.25) is 0 Å². The molecule has 3 aromatic rings. The molecule has 3 amide bonds. The summed E-state index contributed by atoms with van der Waals surface area (Å²) in [5.74, 6) is 0.375. The number of nitrogens with one attached hydrogen (secondary N) is 2. The second kappa shape index (κ2) is 11.2. The number of likely N-dealkylation sites (tertiary alicyclic amines) is 1. The van der Waals surface area contributed by atoms with Gasteiger partial charge in [-0.25, -0.2) is 0 Å². The van der Waals surface area contributed by atoms with Crippen LogP contribution < -0.4 is 15.4 Å². The number of carbonyl (C=O) groups excluding carboxylic acids is 3. The van der Waals surface area contributed by atoms with E-state index in [1.54, 1.807) is 43.5 Å². The Morgan fingerprint density at radius 2 is 1.80 bits per heavy atom. The summed E-state index contributed by atoms with van der Waals surface area (Å²) in [7, 11) is 1.55. The maximum atomic E-state index is 12.9. The van der Waals surface area contributed by atoms with E-state index >= 15 is 0 Å². The van der Waals surface area contributed by atoms with Crippen LogP contribution in [0.4, 0.5) is 0 Å². The molecule has 2 heterocycles. The minimum absolute atomic E-state index is 0.0601. The number of rotatable bonds is 9. The van der Waals surface area contributed by atoms with Crippen molar-refractivity contribution in [3.8, 4) is 5.75 Å². The number of amides is 3. The molecule has 1 aromatic heterocycles. The highest BCUT2D eigenvalue weighted by Crippen LogP contribution is 2.15. The van der Waals surface area contributed by atoms with Gasteiger partial charge in [-0.1, -0.05) is 24.3 Å². The minimum Gasteiger partial charge on any atom is -0.497 e. The van der Waals surface area contributed by atoms with Crippen molar-refractivity contribution in [2.24, 2.45) is 0 Å². The van der Waals surface area contributed by atoms with Crippen molar-refractivity contribution in [1.29, 1.82) is 0 Å². The fourth-order valence-electron chi connectivity index (χ4n) is 3.74. The maximum Gasteiger partial charge on any atom is 0.268 e. The Kier molecular flexibility index (Phi) is 7.62. The molecule has 1 aliphatic heterocycles. The zero-order valence-electron chi connectivity index (χ0n) is 19.5. The van der Waals surface area contributed by atoms with Crippen LogP contribution in [-0.4, -0.2) is 36.3 Å². The maximum absolute atomic E-state index is 12.9. The van der Waals surface area contributed by atoms with Crippen molar-refractivity contribution in [2.45, 2.75) is 25.9 Å². The molecule has 8 nitrogen and oxygen atoms in total. The van der Waals surface area contributed by atoms with Crippen LogP contribution in [0.3, 0.4) is 0 Å². The predicted molar refractivity (Wildman–Crippen MR) is 130 cm³/mol. The van der Waals surface area contributed by atoms with Gasteiger partial charge < -0.3 is 24.7 Å². The third kappa shape index (κ3) is 6.38. The smallest absolute Gasteiger partial charge is 0.268 e. The average molecular weight is 474 g/mol. The summed E-state index contributed by atoms with van der Waals surface area (Å²) >= 11 is 0. The molecule has 2 N–H and O–H groups in total. The van der Waals surface area contributed by atoms with E-state index < -0.39 is 11.8 Å². The van der Waals surface area contributed by atoms with Crippen LogP contribution in [0.1, 0.15) is 40.1 Å². The molecule has 180 valence electrons. The Bertz CT molecular complexity index is 1200. The van der Waals surface area contributed by atoms with E-state index in [1.165, 1.54) is 12.3 Å². The Hall–Kier alpha value is -4.33. The molecule has 0 bridgehead atoms. The lowest BCUT2D eigenvalue weighted by atomic mass is 10.1. The van der Waals surface area contributed by atoms with Crippen molar-refractivity contribution in [1.82, 2.24) is 15.5 Å². The number of nitrogens with zero attached hydrogens (tertiary/aromatic N) is 1. The molecule has 0 saturated carbocycles. The number of carbonyl (C=O) groups is 3. The number of furan rings is 1. The summed E-state index contributed by atoms with van der Waals surface area (Å²) in [5.41, 5.74) is 2.38. The monoisotopic (exact) mass is 473 g/mol. The van der Waals surface area contributed by atoms with Gasteiger partial charge in [-0.05, 0) is 53.9 Å². The Morgan fingerprint density at radius 3 is 2.43 bits per heavy atom. The van der Waals surface area contributed by atoms with Gasteiger partial charge in [0.05, 0.1) is 13.4 Å². The molecule has 0 radical (unpaired) electrons. The fourth-order valence-corrected chi connectivity index (χ4v) is 3.74. The Morgan fingerprint density at radius 1 is 1.06 bits per heavy atom. The van der Waals surface area contributed by atoms with Crippen molar-refractivity contribution in [3.05, 3.63) is 95.1 Å². The van der Waals surface area contributed by atoms with Crippen LogP contribution >= 0.6 is 0 Å². The summed E-state index contributed by atoms with van der Waals surface area (Å²) in [6.07, 6.45) is 4.50. The number of ether oxygens (including phenoxy) is 1. The van der Waals surface area contributed by atoms with Gasteiger partial charge in [-0.15, -0.1) is 0 Å². The summed E-state index contributed by atoms with van der Waals surface area (Å²) in [5, 5.41) is 5.51. The predicted octanol–water partition coefficient (Wildman–Crippen LogP) is 3.50. The fraction of sp³-hybridized carbons (Fsp3) is 0.222. The van der Waals surface area contributed by atoms with Crippen LogP contribution in [-0.2, 0) is 22.7 Å². The van der Waals surface area contributed by atoms with Gasteiger partial charge >= 0.3 is 0 Å². The average Bonchev–Trinajstić information content (AvgIpc) is 3.54. The second-order valence-corrected chi connectivity index (χ2v) is 8.17. The minimum atomic E-state index is -0.449. The zero-order valence-corrected chi connectivity index (χ0v) is 19.5. The lowest BCUT2D eigenvalue weighted by Gasteiger charge is -2.16. The SMILES string of the molecule is COc1ccc(C(=O)N/C(=C\c2ccco2)C(=O)NCc2ccc(CN3CCCC3=O)cc2)cc1. The first-order valence-electron chi connectivity index (χ1n) is 11.4. The molecule has 35 heavy (non-hydrogen) atoms. The van der Waals surface area contributed by atoms with Crippen LogP contribution in [0.15, 0.2) is 77.0 Å². The summed E-state index contributed by atoms with van der Waals surface area (Å²) in [6, 6.07) is 17.7. The van der Waals surface area contributed by atoms with Gasteiger partial charge in [0, 0.05) is 37.7 Å². The second-order valence-electron chi connectivity index (χ2n) is 8.17. The Balaban J connectivity index is 1.39. The van der Waals surface area contributed by atoms with E-state index in [-0.39, 0.29) is 18.1 Å². The van der Waals surface area contributed by atoms with Crippen LogP contribution in [0.5, 0.6) is 5.75 Å². The summed E-state index contributed by atoms with van der Waals surface area (Å²) < 4.78 is 10.4. The van der Waals surface area contributed by atoms with Gasteiger partial charge in [0.15, 0.2) is 0 Å². The number of benzene rings is 2. The number of hydrogen-bond donors (Lipinski definition) is 2. The summed E-state index contributed by atoms with van der Waals surface area (Å²) in [6.45, 7) is 1.66. The first kappa shape index (κ1) is 23.8. The molecular weight excluding hydrogens is 446 g/mol. The van der Waals surface area contributed by atoms with Gasteiger partial charge in [0.25, 0.3) is 11.8 Å². The third-order valence-electron chi connectivity index (χ3n) is 5.70. The molecule has 4 rings (SSSR count). The van der Waals surface area contributed by atoms with E-state index in [4.69, 9.17) is 9.15 Å². The van der Waals surface area contributed by atoms with Crippen molar-refractivity contribution < 1.29 is 23.5 Å². The highest BCUT2D eigenvalue weighted by Gasteiger charge is 2.20. The molecule has 1 saturated heterocycles. The highest BCUT2D eigenvalue weighted by atomic mass is 16.5. The first-order valence-corrected chi connectivity index (χ1v) is 11.4. The molecule has 1 aliphatic rings. The molecule has 1 fully saturated rings. The molecule has 0 unspecified atom stereocenters. The number of hydrogen-bond acceptors (Lipinski definition) is 5. The summed E-state index contributed by atoms with van der Waals surface area (Å²) in [4.78, 5) is 39.4. The van der Waals surface area contributed by atoms with E-state index in [9.17, 15) is 14.4 Å². The van der Waals surface area contributed by atoms with Gasteiger partial charge in [0.1, 0.15) is 17.2 Å². The number of methoxy groups -OCH3 is 1. The highest BCUT2D eigenvalue weighted by molar-refractivity contribution is 6.05. The Labute approximate surface area is 203 Å².